The maximum absolute atomic E-state index is 12.9. The molecule has 1 aromatic heterocycles. The lowest BCUT2D eigenvalue weighted by molar-refractivity contribution is 0.628. The molecule has 0 fully saturated rings. The van der Waals surface area contributed by atoms with E-state index in [1.165, 1.54) is 12.1 Å². The molecule has 1 N–H and O–H groups in total. The van der Waals surface area contributed by atoms with Gasteiger partial charge in [-0.25, -0.2) is 9.07 Å². The summed E-state index contributed by atoms with van der Waals surface area (Å²) in [6.07, 6.45) is 0. The first-order chi connectivity index (χ1) is 9.72. The molecule has 3 nitrogen and oxygen atoms in total. The van der Waals surface area contributed by atoms with Gasteiger partial charge in [0.2, 0.25) is 0 Å². The standard InChI is InChI=1S/C16H14FN3/c1-12-11-16(18-14-9-7-13(17)8-10-14)20(19-12)15-5-3-2-4-6-15/h2-11,18H,1H3. The van der Waals surface area contributed by atoms with Crippen molar-refractivity contribution in [1.82, 2.24) is 9.78 Å². The molecule has 0 atom stereocenters. The summed E-state index contributed by atoms with van der Waals surface area (Å²) in [7, 11) is 0. The topological polar surface area (TPSA) is 29.9 Å². The van der Waals surface area contributed by atoms with Crippen LogP contribution in [0.4, 0.5) is 15.9 Å². The highest BCUT2D eigenvalue weighted by Gasteiger charge is 2.07. The van der Waals surface area contributed by atoms with Crippen molar-refractivity contribution >= 4 is 11.5 Å². The van der Waals surface area contributed by atoms with Crippen molar-refractivity contribution in [3.05, 3.63) is 72.2 Å². The quantitative estimate of drug-likeness (QED) is 0.775. The predicted octanol–water partition coefficient (Wildman–Crippen LogP) is 4.06. The van der Waals surface area contributed by atoms with E-state index in [4.69, 9.17) is 0 Å². The third-order valence-electron chi connectivity index (χ3n) is 2.95. The van der Waals surface area contributed by atoms with Gasteiger partial charge in [0.05, 0.1) is 11.4 Å². The maximum atomic E-state index is 12.9. The van der Waals surface area contributed by atoms with Crippen molar-refractivity contribution in [3.63, 3.8) is 0 Å². The number of nitrogens with zero attached hydrogens (tertiary/aromatic N) is 2. The van der Waals surface area contributed by atoms with Crippen LogP contribution in [0.25, 0.3) is 5.69 Å². The summed E-state index contributed by atoms with van der Waals surface area (Å²) in [5.74, 6) is 0.601. The second kappa shape index (κ2) is 5.17. The van der Waals surface area contributed by atoms with Gasteiger partial charge in [0.1, 0.15) is 11.6 Å². The van der Waals surface area contributed by atoms with Crippen LogP contribution in [0.5, 0.6) is 0 Å². The lowest BCUT2D eigenvalue weighted by Gasteiger charge is -2.09. The first-order valence-electron chi connectivity index (χ1n) is 6.37. The Hall–Kier alpha value is -2.62. The summed E-state index contributed by atoms with van der Waals surface area (Å²) in [6, 6.07) is 18.1. The number of hydrogen-bond donors (Lipinski definition) is 1. The monoisotopic (exact) mass is 267 g/mol. The molecule has 0 radical (unpaired) electrons. The Labute approximate surface area is 116 Å². The van der Waals surface area contributed by atoms with Gasteiger partial charge in [0.25, 0.3) is 0 Å². The van der Waals surface area contributed by atoms with Gasteiger partial charge < -0.3 is 5.32 Å². The van der Waals surface area contributed by atoms with Crippen LogP contribution in [0.2, 0.25) is 0 Å². The van der Waals surface area contributed by atoms with Gasteiger partial charge in [-0.1, -0.05) is 18.2 Å². The minimum atomic E-state index is -0.247. The molecule has 0 amide bonds. The van der Waals surface area contributed by atoms with E-state index in [-0.39, 0.29) is 5.82 Å². The lowest BCUT2D eigenvalue weighted by atomic mass is 10.3. The number of rotatable bonds is 3. The molecule has 0 bridgehead atoms. The van der Waals surface area contributed by atoms with E-state index in [9.17, 15) is 4.39 Å². The van der Waals surface area contributed by atoms with Gasteiger partial charge in [-0.05, 0) is 43.3 Å². The van der Waals surface area contributed by atoms with E-state index in [1.807, 2.05) is 48.0 Å². The zero-order chi connectivity index (χ0) is 13.9. The number of nitrogens with one attached hydrogen (secondary N) is 1. The Morgan fingerprint density at radius 1 is 1.00 bits per heavy atom. The number of aryl methyl sites for hydroxylation is 1. The summed E-state index contributed by atoms with van der Waals surface area (Å²) >= 11 is 0. The van der Waals surface area contributed by atoms with Crippen molar-refractivity contribution < 1.29 is 4.39 Å². The number of aromatic nitrogens is 2. The second-order valence-electron chi connectivity index (χ2n) is 4.55. The molecular weight excluding hydrogens is 253 g/mol. The van der Waals surface area contributed by atoms with E-state index in [0.717, 1.165) is 22.9 Å². The van der Waals surface area contributed by atoms with Crippen molar-refractivity contribution in [2.45, 2.75) is 6.92 Å². The molecular formula is C16H14FN3. The molecule has 0 spiro atoms. The third kappa shape index (κ3) is 2.54. The van der Waals surface area contributed by atoms with Crippen LogP contribution >= 0.6 is 0 Å². The Balaban J connectivity index is 1.96. The summed E-state index contributed by atoms with van der Waals surface area (Å²) in [6.45, 7) is 1.94. The van der Waals surface area contributed by atoms with Crippen LogP contribution in [0.3, 0.4) is 0 Å². The van der Waals surface area contributed by atoms with E-state index in [2.05, 4.69) is 10.4 Å². The average molecular weight is 267 g/mol. The van der Waals surface area contributed by atoms with Crippen molar-refractivity contribution in [2.75, 3.05) is 5.32 Å². The minimum Gasteiger partial charge on any atom is -0.340 e. The molecule has 0 saturated carbocycles. The van der Waals surface area contributed by atoms with Crippen molar-refractivity contribution in [2.24, 2.45) is 0 Å². The zero-order valence-corrected chi connectivity index (χ0v) is 11.0. The first-order valence-corrected chi connectivity index (χ1v) is 6.37. The Morgan fingerprint density at radius 2 is 1.70 bits per heavy atom. The fourth-order valence-electron chi connectivity index (χ4n) is 2.04. The normalized spacial score (nSPS) is 10.5. The first kappa shape index (κ1) is 12.4. The molecule has 0 aliphatic carbocycles. The van der Waals surface area contributed by atoms with Crippen molar-refractivity contribution in [3.8, 4) is 5.69 Å². The smallest absolute Gasteiger partial charge is 0.134 e. The Bertz CT molecular complexity index is 702. The summed E-state index contributed by atoms with van der Waals surface area (Å²) < 4.78 is 14.8. The molecule has 0 aliphatic heterocycles. The third-order valence-corrected chi connectivity index (χ3v) is 2.95. The van der Waals surface area contributed by atoms with Crippen molar-refractivity contribution in [1.29, 1.82) is 0 Å². The Morgan fingerprint density at radius 3 is 2.40 bits per heavy atom. The fourth-order valence-corrected chi connectivity index (χ4v) is 2.04. The SMILES string of the molecule is Cc1cc(Nc2ccc(F)cc2)n(-c2ccccc2)n1. The average Bonchev–Trinajstić information content (AvgIpc) is 2.83. The van der Waals surface area contributed by atoms with E-state index < -0.39 is 0 Å². The maximum Gasteiger partial charge on any atom is 0.134 e. The zero-order valence-electron chi connectivity index (χ0n) is 11.0. The second-order valence-corrected chi connectivity index (χ2v) is 4.55. The molecule has 0 saturated heterocycles. The summed E-state index contributed by atoms with van der Waals surface area (Å²) in [5, 5.41) is 7.73. The minimum absolute atomic E-state index is 0.247. The van der Waals surface area contributed by atoms with Gasteiger partial charge in [-0.3, -0.25) is 0 Å². The molecule has 4 heteroatoms. The van der Waals surface area contributed by atoms with Crippen LogP contribution in [0.15, 0.2) is 60.7 Å². The predicted molar refractivity (Wildman–Crippen MR) is 78.0 cm³/mol. The van der Waals surface area contributed by atoms with Gasteiger partial charge in [-0.15, -0.1) is 0 Å². The van der Waals surface area contributed by atoms with E-state index in [0.29, 0.717) is 0 Å². The number of halogens is 1. The van der Waals surface area contributed by atoms with E-state index in [1.54, 1.807) is 12.1 Å². The largest absolute Gasteiger partial charge is 0.340 e. The van der Waals surface area contributed by atoms with Crippen LogP contribution in [-0.4, -0.2) is 9.78 Å². The lowest BCUT2D eigenvalue weighted by Crippen LogP contribution is -2.02. The molecule has 3 aromatic rings. The molecule has 20 heavy (non-hydrogen) atoms. The van der Waals surface area contributed by atoms with Gasteiger partial charge >= 0.3 is 0 Å². The molecule has 100 valence electrons. The number of benzene rings is 2. The van der Waals surface area contributed by atoms with Crippen LogP contribution in [-0.2, 0) is 0 Å². The highest BCUT2D eigenvalue weighted by atomic mass is 19.1. The molecule has 0 unspecified atom stereocenters. The van der Waals surface area contributed by atoms with Gasteiger partial charge in [-0.2, -0.15) is 5.10 Å². The Kier molecular flexibility index (Phi) is 3.21. The molecule has 1 heterocycles. The van der Waals surface area contributed by atoms with Gasteiger partial charge in [0, 0.05) is 11.8 Å². The molecule has 2 aromatic carbocycles. The number of para-hydroxylation sites is 1. The van der Waals surface area contributed by atoms with Crippen LogP contribution < -0.4 is 5.32 Å². The highest BCUT2D eigenvalue weighted by molar-refractivity contribution is 5.59. The fraction of sp³-hybridized carbons (Fsp3) is 0.0625. The summed E-state index contributed by atoms with van der Waals surface area (Å²) in [5.41, 5.74) is 2.71. The highest BCUT2D eigenvalue weighted by Crippen LogP contribution is 2.21. The van der Waals surface area contributed by atoms with Crippen LogP contribution in [0.1, 0.15) is 5.69 Å². The number of hydrogen-bond acceptors (Lipinski definition) is 2. The molecule has 0 aliphatic rings. The summed E-state index contributed by atoms with van der Waals surface area (Å²) in [4.78, 5) is 0. The van der Waals surface area contributed by atoms with Crippen LogP contribution in [0, 0.1) is 12.7 Å². The van der Waals surface area contributed by atoms with Gasteiger partial charge in [0.15, 0.2) is 0 Å². The van der Waals surface area contributed by atoms with E-state index >= 15 is 0 Å². The number of anilines is 2. The molecule has 3 rings (SSSR count).